The van der Waals surface area contributed by atoms with Gasteiger partial charge in [-0.2, -0.15) is 5.10 Å². The zero-order valence-electron chi connectivity index (χ0n) is 12.0. The summed E-state index contributed by atoms with van der Waals surface area (Å²) in [7, 11) is 2.06. The lowest BCUT2D eigenvalue weighted by Gasteiger charge is -2.15. The highest BCUT2D eigenvalue weighted by molar-refractivity contribution is 9.11. The Kier molecular flexibility index (Phi) is 4.71. The van der Waals surface area contributed by atoms with Crippen molar-refractivity contribution < 1.29 is 4.39 Å². The van der Waals surface area contributed by atoms with Crippen LogP contribution in [0.2, 0.25) is 0 Å². The highest BCUT2D eigenvalue weighted by Crippen LogP contribution is 2.23. The SMILES string of the molecule is CN(Cc1ccc(Br)s1)Cn1ccc(-c2ccc(F)cc2)n1. The van der Waals surface area contributed by atoms with Crippen molar-refractivity contribution in [3.8, 4) is 11.3 Å². The van der Waals surface area contributed by atoms with Crippen molar-refractivity contribution in [3.05, 3.63) is 63.1 Å². The predicted octanol–water partition coefficient (Wildman–Crippen LogP) is 4.60. The van der Waals surface area contributed by atoms with E-state index < -0.39 is 0 Å². The number of nitrogens with zero attached hydrogens (tertiary/aromatic N) is 3. The second kappa shape index (κ2) is 6.73. The average Bonchev–Trinajstić information content (AvgIpc) is 3.09. The summed E-state index contributed by atoms with van der Waals surface area (Å²) >= 11 is 5.22. The van der Waals surface area contributed by atoms with E-state index in [0.29, 0.717) is 6.67 Å². The lowest BCUT2D eigenvalue weighted by molar-refractivity contribution is 0.249. The van der Waals surface area contributed by atoms with Crippen LogP contribution in [0.25, 0.3) is 11.3 Å². The molecule has 0 saturated heterocycles. The molecule has 3 aromatic rings. The van der Waals surface area contributed by atoms with Crippen molar-refractivity contribution in [1.82, 2.24) is 14.7 Å². The maximum atomic E-state index is 13.0. The summed E-state index contributed by atoms with van der Waals surface area (Å²) in [5.41, 5.74) is 1.78. The molecule has 0 fully saturated rings. The minimum absolute atomic E-state index is 0.231. The molecule has 0 unspecified atom stereocenters. The normalized spacial score (nSPS) is 11.3. The Bertz CT molecular complexity index is 751. The summed E-state index contributed by atoms with van der Waals surface area (Å²) in [4.78, 5) is 3.50. The average molecular weight is 380 g/mol. The van der Waals surface area contributed by atoms with Crippen LogP contribution >= 0.6 is 27.3 Å². The number of hydrogen-bond acceptors (Lipinski definition) is 3. The first-order valence-electron chi connectivity index (χ1n) is 6.82. The molecule has 0 N–H and O–H groups in total. The fourth-order valence-electron chi connectivity index (χ4n) is 2.22. The van der Waals surface area contributed by atoms with Gasteiger partial charge in [-0.3, -0.25) is 9.58 Å². The Balaban J connectivity index is 1.65. The summed E-state index contributed by atoms with van der Waals surface area (Å²) in [6.45, 7) is 1.58. The first-order valence-corrected chi connectivity index (χ1v) is 8.43. The van der Waals surface area contributed by atoms with Gasteiger partial charge in [0.25, 0.3) is 0 Å². The molecule has 0 radical (unpaired) electrons. The topological polar surface area (TPSA) is 21.1 Å². The molecule has 3 rings (SSSR count). The molecule has 0 aliphatic rings. The van der Waals surface area contributed by atoms with Crippen molar-refractivity contribution in [1.29, 1.82) is 0 Å². The minimum Gasteiger partial charge on any atom is -0.282 e. The molecule has 3 nitrogen and oxygen atoms in total. The summed E-state index contributed by atoms with van der Waals surface area (Å²) < 4.78 is 16.0. The molecule has 0 spiro atoms. The monoisotopic (exact) mass is 379 g/mol. The molecule has 1 aromatic carbocycles. The third-order valence-electron chi connectivity index (χ3n) is 3.22. The third-order valence-corrected chi connectivity index (χ3v) is 4.83. The molecule has 2 heterocycles. The van der Waals surface area contributed by atoms with E-state index in [0.717, 1.165) is 21.6 Å². The number of aromatic nitrogens is 2. The van der Waals surface area contributed by atoms with Gasteiger partial charge in [0.05, 0.1) is 16.1 Å². The van der Waals surface area contributed by atoms with Gasteiger partial charge in [-0.15, -0.1) is 11.3 Å². The summed E-state index contributed by atoms with van der Waals surface area (Å²) in [5, 5.41) is 4.54. The van der Waals surface area contributed by atoms with Gasteiger partial charge >= 0.3 is 0 Å². The van der Waals surface area contributed by atoms with E-state index in [1.807, 2.05) is 16.9 Å². The molecule has 22 heavy (non-hydrogen) atoms. The summed E-state index contributed by atoms with van der Waals surface area (Å²) in [5.74, 6) is -0.231. The van der Waals surface area contributed by atoms with Crippen LogP contribution in [0.3, 0.4) is 0 Å². The fourth-order valence-corrected chi connectivity index (χ4v) is 3.78. The minimum atomic E-state index is -0.231. The van der Waals surface area contributed by atoms with Crippen LogP contribution in [-0.4, -0.2) is 21.7 Å². The smallest absolute Gasteiger partial charge is 0.123 e. The van der Waals surface area contributed by atoms with Gasteiger partial charge in [0.15, 0.2) is 0 Å². The third kappa shape index (κ3) is 3.82. The Morgan fingerprint density at radius 2 is 1.95 bits per heavy atom. The van der Waals surface area contributed by atoms with Gasteiger partial charge in [0.2, 0.25) is 0 Å². The maximum Gasteiger partial charge on any atom is 0.123 e. The van der Waals surface area contributed by atoms with Gasteiger partial charge in [-0.05, 0) is 65.4 Å². The van der Waals surface area contributed by atoms with Crippen LogP contribution < -0.4 is 0 Å². The van der Waals surface area contributed by atoms with Crippen molar-refractivity contribution in [2.75, 3.05) is 7.05 Å². The van der Waals surface area contributed by atoms with Gasteiger partial charge in [-0.1, -0.05) is 0 Å². The largest absolute Gasteiger partial charge is 0.282 e. The van der Waals surface area contributed by atoms with Crippen molar-refractivity contribution >= 4 is 27.3 Å². The highest BCUT2D eigenvalue weighted by atomic mass is 79.9. The van der Waals surface area contributed by atoms with Crippen LogP contribution in [0.5, 0.6) is 0 Å². The Morgan fingerprint density at radius 1 is 1.18 bits per heavy atom. The van der Waals surface area contributed by atoms with Crippen LogP contribution in [0.15, 0.2) is 52.4 Å². The van der Waals surface area contributed by atoms with Crippen LogP contribution in [0.4, 0.5) is 4.39 Å². The molecule has 0 atom stereocenters. The summed E-state index contributed by atoms with van der Waals surface area (Å²) in [6.07, 6.45) is 1.94. The molecule has 6 heteroatoms. The van der Waals surface area contributed by atoms with E-state index in [-0.39, 0.29) is 5.82 Å². The number of benzene rings is 1. The quantitative estimate of drug-likeness (QED) is 0.645. The van der Waals surface area contributed by atoms with Gasteiger partial charge < -0.3 is 0 Å². The van der Waals surface area contributed by atoms with Crippen LogP contribution in [0, 0.1) is 5.82 Å². The van der Waals surface area contributed by atoms with Crippen molar-refractivity contribution in [3.63, 3.8) is 0 Å². The van der Waals surface area contributed by atoms with E-state index in [4.69, 9.17) is 0 Å². The summed E-state index contributed by atoms with van der Waals surface area (Å²) in [6, 6.07) is 12.5. The van der Waals surface area contributed by atoms with E-state index in [2.05, 4.69) is 45.1 Å². The molecular formula is C16H15BrFN3S. The predicted molar refractivity (Wildman–Crippen MR) is 91.1 cm³/mol. The van der Waals surface area contributed by atoms with Gasteiger partial charge in [0.1, 0.15) is 5.82 Å². The molecule has 0 bridgehead atoms. The maximum absolute atomic E-state index is 13.0. The van der Waals surface area contributed by atoms with Crippen LogP contribution in [-0.2, 0) is 13.2 Å². The lowest BCUT2D eigenvalue weighted by atomic mass is 10.1. The van der Waals surface area contributed by atoms with Crippen molar-refractivity contribution in [2.45, 2.75) is 13.2 Å². The molecule has 114 valence electrons. The zero-order chi connectivity index (χ0) is 15.5. The molecule has 0 amide bonds. The number of rotatable bonds is 5. The van der Waals surface area contributed by atoms with Gasteiger partial charge in [-0.25, -0.2) is 4.39 Å². The Hall–Kier alpha value is -1.50. The molecule has 2 aromatic heterocycles. The van der Waals surface area contributed by atoms with E-state index in [9.17, 15) is 4.39 Å². The van der Waals surface area contributed by atoms with E-state index in [1.54, 1.807) is 23.5 Å². The fraction of sp³-hybridized carbons (Fsp3) is 0.188. The molecule has 0 aliphatic heterocycles. The standard InChI is InChI=1S/C16H15BrFN3S/c1-20(10-14-6-7-16(17)22-14)11-21-9-8-15(19-21)12-2-4-13(18)5-3-12/h2-9H,10-11H2,1H3. The lowest BCUT2D eigenvalue weighted by Crippen LogP contribution is -2.21. The second-order valence-corrected chi connectivity index (χ2v) is 7.66. The highest BCUT2D eigenvalue weighted by Gasteiger charge is 2.06. The molecule has 0 saturated carbocycles. The van der Waals surface area contributed by atoms with Crippen molar-refractivity contribution in [2.24, 2.45) is 0 Å². The number of halogens is 2. The number of thiophene rings is 1. The molecule has 0 aliphatic carbocycles. The van der Waals surface area contributed by atoms with Gasteiger partial charge in [0, 0.05) is 23.2 Å². The second-order valence-electron chi connectivity index (χ2n) is 5.11. The van der Waals surface area contributed by atoms with E-state index >= 15 is 0 Å². The Labute approximate surface area is 141 Å². The Morgan fingerprint density at radius 3 is 2.64 bits per heavy atom. The first-order chi connectivity index (χ1) is 10.6. The molecular weight excluding hydrogens is 365 g/mol. The van der Waals surface area contributed by atoms with Crippen LogP contribution in [0.1, 0.15) is 4.88 Å². The van der Waals surface area contributed by atoms with E-state index in [1.165, 1.54) is 17.0 Å². The first kappa shape index (κ1) is 15.4. The number of hydrogen-bond donors (Lipinski definition) is 0. The zero-order valence-corrected chi connectivity index (χ0v) is 14.4.